The lowest BCUT2D eigenvalue weighted by molar-refractivity contribution is -0.120. The molecule has 5 rings (SSSR count). The maximum Gasteiger partial charge on any atom is 0.180 e. The molecule has 4 heteroatoms. The first-order valence-electron chi connectivity index (χ1n) is 11.8. The topological polar surface area (TPSA) is 58.9 Å². The first kappa shape index (κ1) is 23.1. The van der Waals surface area contributed by atoms with Crippen molar-refractivity contribution in [2.75, 3.05) is 0 Å². The number of benzene rings is 4. The van der Waals surface area contributed by atoms with Crippen LogP contribution in [0.5, 0.6) is 0 Å². The van der Waals surface area contributed by atoms with Crippen LogP contribution in [0.25, 0.3) is 6.08 Å². The van der Waals surface area contributed by atoms with Gasteiger partial charge in [-0.15, -0.1) is 0 Å². The molecule has 0 saturated carbocycles. The predicted octanol–water partition coefficient (Wildman–Crippen LogP) is 6.39. The van der Waals surface area contributed by atoms with Gasteiger partial charge in [0.15, 0.2) is 11.6 Å². The maximum atomic E-state index is 14.1. The van der Waals surface area contributed by atoms with Gasteiger partial charge in [-0.05, 0) is 22.8 Å². The Hall–Kier alpha value is -4.70. The number of nitrogens with zero attached hydrogens (tertiary/aromatic N) is 2. The van der Waals surface area contributed by atoms with Crippen molar-refractivity contribution in [3.05, 3.63) is 149 Å². The van der Waals surface area contributed by atoms with Crippen LogP contribution < -0.4 is 0 Å². The number of carbonyl (C=O) groups is 2. The van der Waals surface area contributed by atoms with Crippen molar-refractivity contribution in [1.29, 1.82) is 0 Å². The first-order valence-corrected chi connectivity index (χ1v) is 11.8. The smallest absolute Gasteiger partial charge is 0.180 e. The largest absolute Gasteiger partial charge is 0.297 e. The number of allylic oxidation sites excluding steroid dienone is 1. The zero-order valence-electron chi connectivity index (χ0n) is 19.6. The molecule has 174 valence electrons. The molecule has 4 aromatic rings. The molecular formula is C32H24N2O2. The van der Waals surface area contributed by atoms with Gasteiger partial charge in [0, 0.05) is 17.3 Å². The van der Waals surface area contributed by atoms with E-state index in [-0.39, 0.29) is 11.6 Å². The normalized spacial score (nSPS) is 16.3. The van der Waals surface area contributed by atoms with Crippen LogP contribution in [0.4, 0.5) is 0 Å². The van der Waals surface area contributed by atoms with E-state index >= 15 is 0 Å². The molecule has 1 atom stereocenters. The zero-order chi connectivity index (χ0) is 24.7. The molecule has 0 bridgehead atoms. The summed E-state index contributed by atoms with van der Waals surface area (Å²) in [6.07, 6.45) is 5.27. The number of hydrogen-bond acceptors (Lipinski definition) is 4. The second-order valence-corrected chi connectivity index (χ2v) is 8.52. The van der Waals surface area contributed by atoms with Gasteiger partial charge in [0.2, 0.25) is 0 Å². The molecule has 0 amide bonds. The van der Waals surface area contributed by atoms with Crippen LogP contribution in [0.3, 0.4) is 0 Å². The monoisotopic (exact) mass is 468 g/mol. The highest BCUT2D eigenvalue weighted by Gasteiger charge is 2.44. The van der Waals surface area contributed by atoms with E-state index in [4.69, 9.17) is 0 Å². The molecule has 1 aliphatic carbocycles. The van der Waals surface area contributed by atoms with E-state index in [1.807, 2.05) is 109 Å². The lowest BCUT2D eigenvalue weighted by Gasteiger charge is -2.20. The summed E-state index contributed by atoms with van der Waals surface area (Å²) in [5, 5.41) is 8.62. The fourth-order valence-electron chi connectivity index (χ4n) is 4.56. The van der Waals surface area contributed by atoms with Gasteiger partial charge in [-0.25, -0.2) is 0 Å². The minimum atomic E-state index is -1.02. The Morgan fingerprint density at radius 2 is 1.22 bits per heavy atom. The Morgan fingerprint density at radius 3 is 1.83 bits per heavy atom. The quantitative estimate of drug-likeness (QED) is 0.179. The number of carbonyl (C=O) groups excluding carboxylic acids is 2. The predicted molar refractivity (Wildman–Crippen MR) is 145 cm³/mol. The molecule has 1 unspecified atom stereocenters. The number of rotatable bonds is 7. The van der Waals surface area contributed by atoms with Crippen LogP contribution in [-0.4, -0.2) is 23.5 Å². The molecular weight excluding hydrogens is 444 g/mol. The lowest BCUT2D eigenvalue weighted by atomic mass is 9.80. The summed E-state index contributed by atoms with van der Waals surface area (Å²) in [5.41, 5.74) is 4.27. The minimum absolute atomic E-state index is 0.206. The molecule has 1 aliphatic rings. The lowest BCUT2D eigenvalue weighted by Crippen LogP contribution is -2.31. The van der Waals surface area contributed by atoms with Gasteiger partial charge in [0.05, 0.1) is 11.6 Å². The van der Waals surface area contributed by atoms with Gasteiger partial charge in [-0.3, -0.25) is 9.59 Å². The van der Waals surface area contributed by atoms with Gasteiger partial charge < -0.3 is 0 Å². The van der Waals surface area contributed by atoms with Gasteiger partial charge >= 0.3 is 0 Å². The Bertz CT molecular complexity index is 1420. The summed E-state index contributed by atoms with van der Waals surface area (Å²) in [5.74, 6) is -2.06. The molecule has 36 heavy (non-hydrogen) atoms. The minimum Gasteiger partial charge on any atom is -0.297 e. The van der Waals surface area contributed by atoms with Gasteiger partial charge in [0.1, 0.15) is 5.92 Å². The van der Waals surface area contributed by atoms with Crippen molar-refractivity contribution in [2.24, 2.45) is 16.1 Å². The summed E-state index contributed by atoms with van der Waals surface area (Å²) in [6.45, 7) is 0. The van der Waals surface area contributed by atoms with Crippen molar-refractivity contribution in [3.63, 3.8) is 0 Å². The van der Waals surface area contributed by atoms with Crippen LogP contribution in [0.2, 0.25) is 0 Å². The van der Waals surface area contributed by atoms with Crippen molar-refractivity contribution < 1.29 is 9.59 Å². The van der Waals surface area contributed by atoms with Crippen molar-refractivity contribution in [3.8, 4) is 0 Å². The molecule has 0 N–H and O–H groups in total. The standard InChI is InChI=1S/C32H24N2O2/c35-31-27-21-11-10-20-26(27)30(34-33-22-12-15-23-13-4-1-5-14-23)29(31)32(36)28(24-16-6-2-7-17-24)25-18-8-3-9-19-25/h1-22,28-29H. The Balaban J connectivity index is 1.52. The molecule has 4 nitrogen and oxygen atoms in total. The summed E-state index contributed by atoms with van der Waals surface area (Å²) in [6, 6.07) is 36.2. The van der Waals surface area contributed by atoms with Crippen molar-refractivity contribution in [2.45, 2.75) is 5.92 Å². The highest BCUT2D eigenvalue weighted by atomic mass is 16.2. The zero-order valence-corrected chi connectivity index (χ0v) is 19.6. The highest BCUT2D eigenvalue weighted by molar-refractivity contribution is 6.38. The van der Waals surface area contributed by atoms with Crippen LogP contribution in [-0.2, 0) is 4.79 Å². The highest BCUT2D eigenvalue weighted by Crippen LogP contribution is 2.35. The van der Waals surface area contributed by atoms with E-state index in [0.717, 1.165) is 16.7 Å². The second-order valence-electron chi connectivity index (χ2n) is 8.52. The summed E-state index contributed by atoms with van der Waals surface area (Å²) in [4.78, 5) is 27.7. The van der Waals surface area contributed by atoms with Crippen molar-refractivity contribution >= 4 is 29.6 Å². The van der Waals surface area contributed by atoms with Crippen molar-refractivity contribution in [1.82, 2.24) is 0 Å². The molecule has 4 aromatic carbocycles. The van der Waals surface area contributed by atoms with E-state index in [0.29, 0.717) is 16.8 Å². The van der Waals surface area contributed by atoms with E-state index in [2.05, 4.69) is 10.2 Å². The van der Waals surface area contributed by atoms with Crippen LogP contribution >= 0.6 is 0 Å². The number of fused-ring (bicyclic) bond motifs is 1. The third-order valence-corrected chi connectivity index (χ3v) is 6.25. The fraction of sp³-hybridized carbons (Fsp3) is 0.0625. The van der Waals surface area contributed by atoms with E-state index in [1.165, 1.54) is 0 Å². The maximum absolute atomic E-state index is 14.1. The molecule has 0 heterocycles. The molecule has 0 fully saturated rings. The number of ketones is 2. The van der Waals surface area contributed by atoms with E-state index in [9.17, 15) is 9.59 Å². The van der Waals surface area contributed by atoms with E-state index in [1.54, 1.807) is 24.4 Å². The van der Waals surface area contributed by atoms with Crippen LogP contribution in [0, 0.1) is 5.92 Å². The first-order chi connectivity index (χ1) is 17.7. The average molecular weight is 469 g/mol. The summed E-state index contributed by atoms with van der Waals surface area (Å²) >= 11 is 0. The summed E-state index contributed by atoms with van der Waals surface area (Å²) < 4.78 is 0. The molecule has 0 spiro atoms. The van der Waals surface area contributed by atoms with Crippen LogP contribution in [0.1, 0.15) is 38.5 Å². The van der Waals surface area contributed by atoms with E-state index < -0.39 is 11.8 Å². The third kappa shape index (κ3) is 4.75. The SMILES string of the molecule is O=C1c2ccccc2C(=NN=CC=Cc2ccccc2)C1C(=O)C(c1ccccc1)c1ccccc1. The molecule has 0 aromatic heterocycles. The van der Waals surface area contributed by atoms with Gasteiger partial charge in [0.25, 0.3) is 0 Å². The van der Waals surface area contributed by atoms with Gasteiger partial charge in [-0.2, -0.15) is 10.2 Å². The third-order valence-electron chi connectivity index (χ3n) is 6.25. The van der Waals surface area contributed by atoms with Gasteiger partial charge in [-0.1, -0.05) is 121 Å². The molecule has 0 saturated heterocycles. The summed E-state index contributed by atoms with van der Waals surface area (Å²) in [7, 11) is 0. The number of hydrogen-bond donors (Lipinski definition) is 0. The Labute approximate surface area is 210 Å². The molecule has 0 aliphatic heterocycles. The van der Waals surface area contributed by atoms with Crippen LogP contribution in [0.15, 0.2) is 132 Å². The Kier molecular flexibility index (Phi) is 6.86. The fourth-order valence-corrected chi connectivity index (χ4v) is 4.56. The Morgan fingerprint density at radius 1 is 0.694 bits per heavy atom. The number of Topliss-reactive ketones (excluding diaryl/α,β-unsaturated/α-hetero) is 2. The second kappa shape index (κ2) is 10.7. The molecule has 0 radical (unpaired) electrons. The average Bonchev–Trinajstić information content (AvgIpc) is 3.22.